The number of benzene rings is 1. The predicted molar refractivity (Wildman–Crippen MR) is 87.8 cm³/mol. The highest BCUT2D eigenvalue weighted by Gasteiger charge is 2.77. The number of carbonyl (C=O) groups excluding carboxylic acids is 1. The van der Waals surface area contributed by atoms with Crippen LogP contribution in [0.1, 0.15) is 25.3 Å². The summed E-state index contributed by atoms with van der Waals surface area (Å²) in [5.41, 5.74) is -1.57. The van der Waals surface area contributed by atoms with Crippen LogP contribution >= 0.6 is 11.6 Å². The Morgan fingerprint density at radius 1 is 1.50 bits per heavy atom. The van der Waals surface area contributed by atoms with Gasteiger partial charge in [-0.15, -0.1) is 0 Å². The summed E-state index contributed by atoms with van der Waals surface area (Å²) in [6.07, 6.45) is -0.249. The van der Waals surface area contributed by atoms with Crippen molar-refractivity contribution in [3.8, 4) is 6.07 Å². The van der Waals surface area contributed by atoms with Crippen LogP contribution in [0.25, 0.3) is 0 Å². The zero-order valence-corrected chi connectivity index (χ0v) is 14.7. The van der Waals surface area contributed by atoms with Gasteiger partial charge < -0.3 is 14.6 Å². The predicted octanol–water partition coefficient (Wildman–Crippen LogP) is 1.97. The number of anilines is 1. The number of hydrogen-bond donors (Lipinski definition) is 1. The normalized spacial score (nSPS) is 42.9. The lowest BCUT2D eigenvalue weighted by atomic mass is 9.65. The third-order valence-corrected chi connectivity index (χ3v) is 6.80. The van der Waals surface area contributed by atoms with E-state index in [1.807, 2.05) is 0 Å². The van der Waals surface area contributed by atoms with E-state index in [0.29, 0.717) is 19.4 Å². The number of aliphatic hydroxyl groups is 1. The Morgan fingerprint density at radius 3 is 2.96 bits per heavy atom. The molecule has 6 atom stereocenters. The Labute approximate surface area is 154 Å². The fourth-order valence-corrected chi connectivity index (χ4v) is 5.65. The van der Waals surface area contributed by atoms with Gasteiger partial charge in [-0.1, -0.05) is 11.6 Å². The minimum absolute atomic E-state index is 0.0525. The lowest BCUT2D eigenvalue weighted by Gasteiger charge is -2.42. The molecule has 5 rings (SSSR count). The monoisotopic (exact) mass is 378 g/mol. The van der Waals surface area contributed by atoms with Gasteiger partial charge in [0, 0.05) is 18.8 Å². The van der Waals surface area contributed by atoms with Crippen LogP contribution in [0.3, 0.4) is 0 Å². The molecule has 0 aromatic heterocycles. The summed E-state index contributed by atoms with van der Waals surface area (Å²) in [5.74, 6) is -1.84. The molecular formula is C18H16ClFN2O4. The Morgan fingerprint density at radius 2 is 2.27 bits per heavy atom. The van der Waals surface area contributed by atoms with E-state index in [1.165, 1.54) is 11.0 Å². The molecule has 26 heavy (non-hydrogen) atoms. The van der Waals surface area contributed by atoms with Gasteiger partial charge in [-0.25, -0.2) is 4.39 Å². The first kappa shape index (κ1) is 16.5. The van der Waals surface area contributed by atoms with Crippen LogP contribution in [0.15, 0.2) is 12.1 Å². The Kier molecular flexibility index (Phi) is 3.14. The van der Waals surface area contributed by atoms with Crippen LogP contribution in [0, 0.1) is 29.0 Å². The zero-order chi connectivity index (χ0) is 18.4. The van der Waals surface area contributed by atoms with Crippen LogP contribution in [0.5, 0.6) is 0 Å². The van der Waals surface area contributed by atoms with E-state index in [0.717, 1.165) is 6.07 Å². The summed E-state index contributed by atoms with van der Waals surface area (Å²) < 4.78 is 26.4. The van der Waals surface area contributed by atoms with Crippen molar-refractivity contribution in [2.24, 2.45) is 11.8 Å². The highest BCUT2D eigenvalue weighted by molar-refractivity contribution is 6.32. The second kappa shape index (κ2) is 4.96. The van der Waals surface area contributed by atoms with Crippen molar-refractivity contribution in [3.63, 3.8) is 0 Å². The van der Waals surface area contributed by atoms with Gasteiger partial charge in [-0.2, -0.15) is 5.26 Å². The average Bonchev–Trinajstić information content (AvgIpc) is 3.11. The van der Waals surface area contributed by atoms with Crippen molar-refractivity contribution in [3.05, 3.63) is 28.5 Å². The van der Waals surface area contributed by atoms with Crippen LogP contribution in [0.2, 0.25) is 5.02 Å². The first-order valence-corrected chi connectivity index (χ1v) is 8.92. The summed E-state index contributed by atoms with van der Waals surface area (Å²) in [6, 6.07) is 4.26. The summed E-state index contributed by atoms with van der Waals surface area (Å²) in [6.45, 7) is 2.15. The Hall–Kier alpha value is -1.72. The number of fused-ring (bicyclic) bond motifs is 2. The van der Waals surface area contributed by atoms with E-state index in [1.54, 1.807) is 13.0 Å². The van der Waals surface area contributed by atoms with Gasteiger partial charge in [0.15, 0.2) is 0 Å². The van der Waals surface area contributed by atoms with Crippen molar-refractivity contribution in [1.29, 1.82) is 5.26 Å². The van der Waals surface area contributed by atoms with Gasteiger partial charge in [0.2, 0.25) is 5.91 Å². The van der Waals surface area contributed by atoms with Crippen LogP contribution in [0.4, 0.5) is 10.1 Å². The van der Waals surface area contributed by atoms with Crippen molar-refractivity contribution in [2.75, 3.05) is 11.5 Å². The van der Waals surface area contributed by atoms with Gasteiger partial charge in [0.05, 0.1) is 34.9 Å². The van der Waals surface area contributed by atoms with Gasteiger partial charge in [-0.05, 0) is 19.1 Å². The zero-order valence-electron chi connectivity index (χ0n) is 13.9. The van der Waals surface area contributed by atoms with E-state index in [2.05, 4.69) is 0 Å². The molecule has 0 radical (unpaired) electrons. The SMILES string of the molecule is C[C@]12O[C@@]3(CCO[C@H]4[C@@H]3[C@@H]1C(=O)N4c1cc(F)c(C#N)c(Cl)c1)C[C@H]2O. The fourth-order valence-electron chi connectivity index (χ4n) is 5.40. The maximum atomic E-state index is 14.3. The molecular weight excluding hydrogens is 363 g/mol. The number of ether oxygens (including phenoxy) is 2. The molecule has 1 aromatic rings. The second-order valence-electron chi connectivity index (χ2n) is 7.69. The van der Waals surface area contributed by atoms with E-state index in [-0.39, 0.29) is 28.1 Å². The molecule has 2 bridgehead atoms. The molecule has 0 saturated carbocycles. The molecule has 0 aliphatic carbocycles. The molecule has 4 aliphatic rings. The summed E-state index contributed by atoms with van der Waals surface area (Å²) in [4.78, 5) is 14.7. The van der Waals surface area contributed by atoms with Crippen molar-refractivity contribution < 1.29 is 23.8 Å². The molecule has 1 N–H and O–H groups in total. The maximum absolute atomic E-state index is 14.3. The number of nitrogens with zero attached hydrogens (tertiary/aromatic N) is 2. The largest absolute Gasteiger partial charge is 0.390 e. The number of amides is 1. The minimum Gasteiger partial charge on any atom is -0.390 e. The highest BCUT2D eigenvalue weighted by atomic mass is 35.5. The van der Waals surface area contributed by atoms with Gasteiger partial charge >= 0.3 is 0 Å². The number of carbonyl (C=O) groups is 1. The molecule has 4 heterocycles. The highest BCUT2D eigenvalue weighted by Crippen LogP contribution is 2.65. The van der Waals surface area contributed by atoms with E-state index in [9.17, 15) is 14.3 Å². The van der Waals surface area contributed by atoms with Gasteiger partial charge in [0.1, 0.15) is 29.3 Å². The summed E-state index contributed by atoms with van der Waals surface area (Å²) in [7, 11) is 0. The van der Waals surface area contributed by atoms with E-state index in [4.69, 9.17) is 26.3 Å². The molecule has 136 valence electrons. The summed E-state index contributed by atoms with van der Waals surface area (Å²) >= 11 is 6.03. The number of halogens is 2. The Balaban J connectivity index is 1.64. The number of aliphatic hydroxyl groups excluding tert-OH is 1. The molecule has 4 saturated heterocycles. The first-order chi connectivity index (χ1) is 12.3. The van der Waals surface area contributed by atoms with E-state index >= 15 is 0 Å². The van der Waals surface area contributed by atoms with Crippen LogP contribution in [-0.2, 0) is 14.3 Å². The molecule has 8 heteroatoms. The number of hydrogen-bond acceptors (Lipinski definition) is 5. The second-order valence-corrected chi connectivity index (χ2v) is 8.10. The van der Waals surface area contributed by atoms with E-state index < -0.39 is 35.3 Å². The fraction of sp³-hybridized carbons (Fsp3) is 0.556. The van der Waals surface area contributed by atoms with Crippen LogP contribution < -0.4 is 4.90 Å². The average molecular weight is 379 g/mol. The molecule has 1 aromatic carbocycles. The van der Waals surface area contributed by atoms with Crippen LogP contribution in [-0.4, -0.2) is 41.2 Å². The van der Waals surface area contributed by atoms with Crippen molar-refractivity contribution >= 4 is 23.2 Å². The lowest BCUT2D eigenvalue weighted by molar-refractivity contribution is -0.142. The Bertz CT molecular complexity index is 865. The smallest absolute Gasteiger partial charge is 0.235 e. The summed E-state index contributed by atoms with van der Waals surface area (Å²) in [5, 5.41) is 19.5. The third kappa shape index (κ3) is 1.73. The molecule has 4 fully saturated rings. The molecule has 0 unspecified atom stereocenters. The molecule has 4 aliphatic heterocycles. The standard InChI is InChI=1S/C18H16ClFN2O4/c1-17-12(23)6-18(26-17)2-3-25-16-14(18)13(17)15(24)22(16)8-4-10(19)9(7-21)11(20)5-8/h4-5,12-14,16,23H,2-3,6H2,1H3/t12-,13-,14+,16+,17-,18+/m1/s1. The lowest BCUT2D eigenvalue weighted by Crippen LogP contribution is -2.53. The van der Waals surface area contributed by atoms with Gasteiger partial charge in [-0.3, -0.25) is 9.69 Å². The van der Waals surface area contributed by atoms with Crippen molar-refractivity contribution in [1.82, 2.24) is 0 Å². The molecule has 1 amide bonds. The van der Waals surface area contributed by atoms with Crippen molar-refractivity contribution in [2.45, 2.75) is 43.3 Å². The molecule has 6 nitrogen and oxygen atoms in total. The topological polar surface area (TPSA) is 82.8 Å². The number of nitriles is 1. The minimum atomic E-state index is -0.975. The first-order valence-electron chi connectivity index (χ1n) is 8.54. The molecule has 1 spiro atoms. The third-order valence-electron chi connectivity index (χ3n) is 6.50. The maximum Gasteiger partial charge on any atom is 0.235 e. The number of rotatable bonds is 1. The van der Waals surface area contributed by atoms with Gasteiger partial charge in [0.25, 0.3) is 0 Å². The quantitative estimate of drug-likeness (QED) is 0.807.